The van der Waals surface area contributed by atoms with E-state index >= 15 is 0 Å². The molecular weight excluding hydrogens is 352 g/mol. The molecule has 1 fully saturated rings. The molecule has 1 aliphatic rings. The van der Waals surface area contributed by atoms with E-state index in [1.165, 1.54) is 25.7 Å². The number of aliphatic hydroxyl groups is 1. The highest BCUT2D eigenvalue weighted by molar-refractivity contribution is 5.69. The fourth-order valence-corrected chi connectivity index (χ4v) is 3.27. The van der Waals surface area contributed by atoms with Gasteiger partial charge in [0, 0.05) is 0 Å². The van der Waals surface area contributed by atoms with Crippen molar-refractivity contribution in [1.29, 1.82) is 0 Å². The molecule has 0 saturated carbocycles. The third-order valence-electron chi connectivity index (χ3n) is 5.26. The summed E-state index contributed by atoms with van der Waals surface area (Å²) in [6.45, 7) is 5.76. The van der Waals surface area contributed by atoms with Gasteiger partial charge in [-0.05, 0) is 45.4 Å². The van der Waals surface area contributed by atoms with Crippen LogP contribution in [0.2, 0.25) is 0 Å². The maximum Gasteiger partial charge on any atom is 0.306 e. The van der Waals surface area contributed by atoms with E-state index in [-0.39, 0.29) is 18.1 Å². The molecule has 4 unspecified atom stereocenters. The monoisotopic (exact) mass is 392 g/mol. The zero-order valence-corrected chi connectivity index (χ0v) is 18.0. The second-order valence-electron chi connectivity index (χ2n) is 8.16. The summed E-state index contributed by atoms with van der Waals surface area (Å²) < 4.78 is 5.64. The van der Waals surface area contributed by atoms with E-state index in [2.05, 4.69) is 31.2 Å². The van der Waals surface area contributed by atoms with Gasteiger partial charge in [0.25, 0.3) is 0 Å². The zero-order valence-electron chi connectivity index (χ0n) is 18.0. The largest absolute Gasteiger partial charge is 0.481 e. The predicted molar refractivity (Wildman–Crippen MR) is 115 cm³/mol. The lowest BCUT2D eigenvalue weighted by molar-refractivity contribution is -0.141. The fourth-order valence-electron chi connectivity index (χ4n) is 3.27. The van der Waals surface area contributed by atoms with Crippen molar-refractivity contribution in [2.24, 2.45) is 5.92 Å². The summed E-state index contributed by atoms with van der Waals surface area (Å²) in [4.78, 5) is 10.8. The van der Waals surface area contributed by atoms with Gasteiger partial charge in [0.15, 0.2) is 0 Å². The van der Waals surface area contributed by atoms with Crippen LogP contribution < -0.4 is 0 Å². The Morgan fingerprint density at radius 2 is 1.75 bits per heavy atom. The molecule has 0 aliphatic carbocycles. The van der Waals surface area contributed by atoms with Gasteiger partial charge in [-0.1, -0.05) is 76.0 Å². The Morgan fingerprint density at radius 3 is 2.43 bits per heavy atom. The van der Waals surface area contributed by atoms with Crippen molar-refractivity contribution in [3.05, 3.63) is 36.5 Å². The number of carboxylic acid groups (broad SMARTS) is 1. The second-order valence-corrected chi connectivity index (χ2v) is 8.16. The van der Waals surface area contributed by atoms with Crippen LogP contribution in [0.25, 0.3) is 0 Å². The third-order valence-corrected chi connectivity index (χ3v) is 5.26. The van der Waals surface area contributed by atoms with Gasteiger partial charge >= 0.3 is 5.97 Å². The Kier molecular flexibility index (Phi) is 12.1. The summed E-state index contributed by atoms with van der Waals surface area (Å²) in [6.07, 6.45) is 22.7. The van der Waals surface area contributed by atoms with Crippen molar-refractivity contribution in [2.45, 2.75) is 103 Å². The van der Waals surface area contributed by atoms with Gasteiger partial charge in [0.1, 0.15) is 11.7 Å². The summed E-state index contributed by atoms with van der Waals surface area (Å²) in [6, 6.07) is 0. The van der Waals surface area contributed by atoms with E-state index < -0.39 is 11.6 Å². The van der Waals surface area contributed by atoms with Gasteiger partial charge in [-0.3, -0.25) is 4.79 Å². The van der Waals surface area contributed by atoms with E-state index in [4.69, 9.17) is 9.84 Å². The normalized spacial score (nSPS) is 22.9. The lowest BCUT2D eigenvalue weighted by Gasteiger charge is -2.16. The van der Waals surface area contributed by atoms with Gasteiger partial charge < -0.3 is 14.9 Å². The highest BCUT2D eigenvalue weighted by Gasteiger charge is 2.49. The molecule has 160 valence electrons. The second kappa shape index (κ2) is 13.7. The first-order chi connectivity index (χ1) is 13.4. The van der Waals surface area contributed by atoms with Crippen LogP contribution in [-0.4, -0.2) is 34.0 Å². The van der Waals surface area contributed by atoms with Gasteiger partial charge in [-0.2, -0.15) is 0 Å². The molecule has 2 N–H and O–H groups in total. The number of aliphatic carboxylic acids is 1. The first-order valence-electron chi connectivity index (χ1n) is 11.0. The topological polar surface area (TPSA) is 70.1 Å². The average molecular weight is 393 g/mol. The maximum absolute atomic E-state index is 10.8. The minimum atomic E-state index is -0.938. The average Bonchev–Trinajstić information content (AvgIpc) is 3.43. The van der Waals surface area contributed by atoms with Crippen LogP contribution in [0.4, 0.5) is 0 Å². The summed E-state index contributed by atoms with van der Waals surface area (Å²) >= 11 is 0. The summed E-state index contributed by atoms with van der Waals surface area (Å²) in [5.41, 5.74) is -0.938. The molecule has 1 aliphatic heterocycles. The molecule has 0 aromatic heterocycles. The van der Waals surface area contributed by atoms with Crippen LogP contribution in [0.5, 0.6) is 0 Å². The lowest BCUT2D eigenvalue weighted by atomic mass is 9.96. The number of allylic oxidation sites excluding steroid dienone is 5. The Bertz CT molecular complexity index is 519. The number of epoxide rings is 1. The van der Waals surface area contributed by atoms with Crippen LogP contribution in [0.3, 0.4) is 0 Å². The Balaban J connectivity index is 2.13. The van der Waals surface area contributed by atoms with Crippen LogP contribution in [0.1, 0.15) is 85.0 Å². The van der Waals surface area contributed by atoms with Crippen LogP contribution >= 0.6 is 0 Å². The molecule has 0 aromatic carbocycles. The molecule has 1 rings (SSSR count). The smallest absolute Gasteiger partial charge is 0.306 e. The Labute approximate surface area is 171 Å². The standard InChI is InChI=1S/C24H40O4/c1-4-5-6-7-8-9-10-11-12-13-16-19-24(3,27)22-21(28-22)18-15-14-17-20(2)23(25)26/h8-9,11-12,16,19-22,27H,4-7,10,13-15,17-18H2,1-3H3,(H,25,26)/b9-8-,12-11-,19-16-. The SMILES string of the molecule is CCCCC/C=C\C/C=C\C/C=C\C(C)(O)C1OC1CCCCC(C)C(=O)O. The van der Waals surface area contributed by atoms with Crippen molar-refractivity contribution in [2.75, 3.05) is 0 Å². The molecule has 0 aromatic rings. The van der Waals surface area contributed by atoms with Crippen molar-refractivity contribution in [1.82, 2.24) is 0 Å². The number of ether oxygens (including phenoxy) is 1. The van der Waals surface area contributed by atoms with Crippen LogP contribution in [-0.2, 0) is 9.53 Å². The van der Waals surface area contributed by atoms with Crippen LogP contribution in [0, 0.1) is 5.92 Å². The van der Waals surface area contributed by atoms with Crippen molar-refractivity contribution < 1.29 is 19.7 Å². The predicted octanol–water partition coefficient (Wildman–Crippen LogP) is 5.82. The van der Waals surface area contributed by atoms with Crippen LogP contribution in [0.15, 0.2) is 36.5 Å². The number of hydrogen-bond acceptors (Lipinski definition) is 3. The van der Waals surface area contributed by atoms with Gasteiger partial charge in [-0.25, -0.2) is 0 Å². The number of hydrogen-bond donors (Lipinski definition) is 2. The van der Waals surface area contributed by atoms with Gasteiger partial charge in [0.05, 0.1) is 12.0 Å². The molecule has 0 amide bonds. The Hall–Kier alpha value is -1.39. The highest BCUT2D eigenvalue weighted by atomic mass is 16.6. The molecule has 1 heterocycles. The number of rotatable bonds is 16. The van der Waals surface area contributed by atoms with Crippen molar-refractivity contribution in [3.8, 4) is 0 Å². The minimum Gasteiger partial charge on any atom is -0.481 e. The van der Waals surface area contributed by atoms with E-state index in [0.29, 0.717) is 6.42 Å². The first kappa shape index (κ1) is 24.6. The molecule has 4 heteroatoms. The molecule has 1 saturated heterocycles. The molecule has 0 spiro atoms. The summed E-state index contributed by atoms with van der Waals surface area (Å²) in [5, 5.41) is 19.4. The summed E-state index contributed by atoms with van der Waals surface area (Å²) in [5.74, 6) is -1.02. The van der Waals surface area contributed by atoms with E-state index in [1.54, 1.807) is 13.8 Å². The number of carbonyl (C=O) groups is 1. The van der Waals surface area contributed by atoms with E-state index in [0.717, 1.165) is 32.1 Å². The first-order valence-corrected chi connectivity index (χ1v) is 11.0. The molecule has 0 bridgehead atoms. The Morgan fingerprint density at radius 1 is 1.07 bits per heavy atom. The number of carboxylic acids is 1. The molecular formula is C24H40O4. The fraction of sp³-hybridized carbons (Fsp3) is 0.708. The highest BCUT2D eigenvalue weighted by Crippen LogP contribution is 2.36. The minimum absolute atomic E-state index is 0.0909. The molecule has 4 nitrogen and oxygen atoms in total. The van der Waals surface area contributed by atoms with Crippen molar-refractivity contribution >= 4 is 5.97 Å². The quantitative estimate of drug-likeness (QED) is 0.197. The maximum atomic E-state index is 10.8. The third kappa shape index (κ3) is 10.8. The van der Waals surface area contributed by atoms with Gasteiger partial charge in [0.2, 0.25) is 0 Å². The molecule has 4 atom stereocenters. The zero-order chi connectivity index (χ0) is 20.8. The lowest BCUT2D eigenvalue weighted by Crippen LogP contribution is -2.30. The molecule has 28 heavy (non-hydrogen) atoms. The summed E-state index contributed by atoms with van der Waals surface area (Å²) in [7, 11) is 0. The van der Waals surface area contributed by atoms with Crippen molar-refractivity contribution in [3.63, 3.8) is 0 Å². The molecule has 0 radical (unpaired) electrons. The van der Waals surface area contributed by atoms with E-state index in [9.17, 15) is 9.90 Å². The number of unbranched alkanes of at least 4 members (excludes halogenated alkanes) is 4. The van der Waals surface area contributed by atoms with Gasteiger partial charge in [-0.15, -0.1) is 0 Å². The van der Waals surface area contributed by atoms with E-state index in [1.807, 2.05) is 12.2 Å².